The summed E-state index contributed by atoms with van der Waals surface area (Å²) in [6.07, 6.45) is 11.2. The van der Waals surface area contributed by atoms with Crippen LogP contribution in [0.1, 0.15) is 51.4 Å². The monoisotopic (exact) mass is 1040 g/mol. The standard InChI is InChI=1S/C52H70Si5.2CH3.Hf/c1-53(2,3)43-29-39(30-44(33-43)54(4,5)6)49-25-17-19-37-27-47(35-51(37)49)57(41-21-13-14-22-41,42-23-15-16-24-42)48-28-38-20-18-26-50(52(38)36-48)40-31-45(55(7,8)9)34-46(32-40)56(10,11)12;;;/h17-20,25-36,41-42H,13-16,21-24H2,1-12H3;2*1H3;/q-2;2*-1;+4. The van der Waals surface area contributed by atoms with E-state index < -0.39 is 40.4 Å². The van der Waals surface area contributed by atoms with Crippen LogP contribution in [0, 0.1) is 14.9 Å². The molecule has 0 bridgehead atoms. The van der Waals surface area contributed by atoms with Gasteiger partial charge in [0.15, 0.2) is 0 Å². The van der Waals surface area contributed by atoms with E-state index in [1.807, 2.05) is 0 Å². The Balaban J connectivity index is 0.00000228. The molecular formula is C54H76HfSi5. The van der Waals surface area contributed by atoms with E-state index in [1.165, 1.54) is 95.2 Å². The molecule has 0 amide bonds. The van der Waals surface area contributed by atoms with Crippen molar-refractivity contribution >= 4 is 93.0 Å². The minimum Gasteiger partial charge on any atom is -0.358 e. The Morgan fingerprint density at radius 2 is 0.717 bits per heavy atom. The van der Waals surface area contributed by atoms with Crippen LogP contribution in [0.25, 0.3) is 43.8 Å². The summed E-state index contributed by atoms with van der Waals surface area (Å²) in [5.74, 6) is 0. The van der Waals surface area contributed by atoms with Gasteiger partial charge in [-0.05, 0) is 22.2 Å². The van der Waals surface area contributed by atoms with E-state index in [1.54, 1.807) is 31.1 Å². The normalized spacial score (nSPS) is 15.9. The Labute approximate surface area is 391 Å². The number of hydrogen-bond donors (Lipinski definition) is 0. The summed E-state index contributed by atoms with van der Waals surface area (Å²) < 4.78 is 0. The molecule has 2 fully saturated rings. The average Bonchev–Trinajstić information content (AvgIpc) is 3.98. The molecule has 0 heterocycles. The van der Waals surface area contributed by atoms with Crippen LogP contribution in [0.3, 0.4) is 0 Å². The number of benzene rings is 4. The largest absolute Gasteiger partial charge is 4.00 e. The van der Waals surface area contributed by atoms with Crippen molar-refractivity contribution in [1.82, 2.24) is 0 Å². The van der Waals surface area contributed by atoms with Gasteiger partial charge in [-0.15, -0.1) is 68.3 Å². The summed E-state index contributed by atoms with van der Waals surface area (Å²) in [5.41, 5.74) is 7.42. The van der Waals surface area contributed by atoms with Gasteiger partial charge in [0, 0.05) is 0 Å². The Hall–Kier alpha value is -1.95. The molecule has 0 atom stereocenters. The first kappa shape index (κ1) is 49.1. The molecule has 0 radical (unpaired) electrons. The number of rotatable bonds is 10. The van der Waals surface area contributed by atoms with Crippen molar-refractivity contribution in [2.24, 2.45) is 0 Å². The van der Waals surface area contributed by atoms with Crippen molar-refractivity contribution in [2.75, 3.05) is 0 Å². The summed E-state index contributed by atoms with van der Waals surface area (Å²) >= 11 is 0. The van der Waals surface area contributed by atoms with Crippen LogP contribution in [-0.4, -0.2) is 40.4 Å². The van der Waals surface area contributed by atoms with E-state index in [9.17, 15) is 0 Å². The van der Waals surface area contributed by atoms with E-state index in [2.05, 4.69) is 176 Å². The first-order chi connectivity index (χ1) is 26.7. The van der Waals surface area contributed by atoms with Crippen LogP contribution in [0.5, 0.6) is 0 Å². The van der Waals surface area contributed by atoms with Crippen LogP contribution in [0.4, 0.5) is 0 Å². The van der Waals surface area contributed by atoms with Crippen LogP contribution in [0.15, 0.2) is 97.1 Å². The van der Waals surface area contributed by atoms with Gasteiger partial charge in [0.05, 0.1) is 40.4 Å². The van der Waals surface area contributed by atoms with Gasteiger partial charge in [0.2, 0.25) is 0 Å². The van der Waals surface area contributed by atoms with Crippen molar-refractivity contribution < 1.29 is 25.8 Å². The van der Waals surface area contributed by atoms with E-state index in [0.29, 0.717) is 0 Å². The zero-order valence-electron chi connectivity index (χ0n) is 40.0. The fourth-order valence-corrected chi connectivity index (χ4v) is 23.0. The second-order valence-corrected chi connectivity index (χ2v) is 47.4. The molecule has 0 nitrogen and oxygen atoms in total. The maximum atomic E-state index is 2.78. The molecular weight excluding hydrogens is 968 g/mol. The summed E-state index contributed by atoms with van der Waals surface area (Å²) in [7, 11) is -8.30. The van der Waals surface area contributed by atoms with Crippen LogP contribution < -0.4 is 31.1 Å². The Kier molecular flexibility index (Phi) is 14.6. The van der Waals surface area contributed by atoms with Crippen molar-refractivity contribution in [3.05, 3.63) is 112 Å². The molecule has 0 aromatic heterocycles. The fourth-order valence-electron chi connectivity index (χ4n) is 11.0. The zero-order chi connectivity index (χ0) is 40.7. The predicted molar refractivity (Wildman–Crippen MR) is 284 cm³/mol. The maximum Gasteiger partial charge on any atom is 4.00 e. The Morgan fingerprint density at radius 1 is 0.417 bits per heavy atom. The maximum absolute atomic E-state index is 2.78. The summed E-state index contributed by atoms with van der Waals surface area (Å²) in [6, 6.07) is 41.1. The third-order valence-corrected chi connectivity index (χ3v) is 28.7. The van der Waals surface area contributed by atoms with E-state index >= 15 is 0 Å². The smallest absolute Gasteiger partial charge is 0.358 e. The molecule has 6 aromatic rings. The van der Waals surface area contributed by atoms with Gasteiger partial charge in [0.1, 0.15) is 0 Å². The minimum absolute atomic E-state index is 0. The van der Waals surface area contributed by atoms with E-state index in [-0.39, 0.29) is 40.7 Å². The summed E-state index contributed by atoms with van der Waals surface area (Å²) in [4.78, 5) is 0. The fraction of sp³-hybridized carbons (Fsp3) is 0.407. The van der Waals surface area contributed by atoms with Crippen molar-refractivity contribution in [2.45, 2.75) is 141 Å². The van der Waals surface area contributed by atoms with Crippen molar-refractivity contribution in [3.63, 3.8) is 0 Å². The predicted octanol–water partition coefficient (Wildman–Crippen LogP) is 13.3. The third kappa shape index (κ3) is 9.18. The quantitative estimate of drug-likeness (QED) is 0.0947. The molecule has 0 saturated heterocycles. The van der Waals surface area contributed by atoms with Crippen LogP contribution in [-0.2, 0) is 25.8 Å². The first-order valence-electron chi connectivity index (χ1n) is 22.5. The molecule has 2 aliphatic carbocycles. The molecule has 0 N–H and O–H groups in total. The second-order valence-electron chi connectivity index (χ2n) is 22.5. The minimum atomic E-state index is -2.23. The molecule has 6 heteroatoms. The molecule has 6 aromatic carbocycles. The van der Waals surface area contributed by atoms with Crippen LogP contribution in [0.2, 0.25) is 89.6 Å². The van der Waals surface area contributed by atoms with Gasteiger partial charge >= 0.3 is 25.8 Å². The van der Waals surface area contributed by atoms with Gasteiger partial charge in [-0.25, -0.2) is 0 Å². The van der Waals surface area contributed by atoms with E-state index in [4.69, 9.17) is 0 Å². The molecule has 2 saturated carbocycles. The number of hydrogen-bond acceptors (Lipinski definition) is 0. The average molecular weight is 1040 g/mol. The molecule has 60 heavy (non-hydrogen) atoms. The molecule has 0 spiro atoms. The zero-order valence-corrected chi connectivity index (χ0v) is 48.6. The van der Waals surface area contributed by atoms with Gasteiger partial charge in [-0.2, -0.15) is 12.1 Å². The molecule has 2 aliphatic rings. The SMILES string of the molecule is C[Si](C)(C)c1cc(-c2cccc3[cH-]c([Si](c4cc5c(-c6cc([Si](C)(C)C)cc([Si](C)(C)C)c6)cccc5[cH-]4)(C4CCCC4)C4CCCC4)cc23)cc([Si](C)(C)C)c1.[CH3-].[CH3-].[Hf+4]. The van der Waals surface area contributed by atoms with E-state index in [0.717, 1.165) is 11.1 Å². The molecule has 8 rings (SSSR count). The Bertz CT molecular complexity index is 2190. The van der Waals surface area contributed by atoms with Crippen molar-refractivity contribution in [1.29, 1.82) is 0 Å². The number of fused-ring (bicyclic) bond motifs is 2. The Morgan fingerprint density at radius 3 is 1.00 bits per heavy atom. The van der Waals surface area contributed by atoms with Crippen LogP contribution >= 0.6 is 0 Å². The van der Waals surface area contributed by atoms with Gasteiger partial charge < -0.3 is 14.9 Å². The second kappa shape index (κ2) is 17.9. The third-order valence-electron chi connectivity index (χ3n) is 14.4. The summed E-state index contributed by atoms with van der Waals surface area (Å²) in [5, 5.41) is 15.8. The molecule has 316 valence electrons. The topological polar surface area (TPSA) is 0 Å². The molecule has 0 unspecified atom stereocenters. The molecule has 0 aliphatic heterocycles. The van der Waals surface area contributed by atoms with Crippen molar-refractivity contribution in [3.8, 4) is 22.3 Å². The summed E-state index contributed by atoms with van der Waals surface area (Å²) in [6.45, 7) is 30.3. The van der Waals surface area contributed by atoms with Gasteiger partial charge in [-0.3, -0.25) is 0 Å². The first-order valence-corrected chi connectivity index (χ1v) is 38.6. The van der Waals surface area contributed by atoms with Gasteiger partial charge in [-0.1, -0.05) is 210 Å². The van der Waals surface area contributed by atoms with Gasteiger partial charge in [0.25, 0.3) is 0 Å².